The second-order valence-corrected chi connectivity index (χ2v) is 7.85. The Morgan fingerprint density at radius 1 is 1.17 bits per heavy atom. The van der Waals surface area contributed by atoms with E-state index in [9.17, 15) is 13.5 Å². The van der Waals surface area contributed by atoms with Crippen LogP contribution < -0.4 is 0 Å². The normalized spacial score (nSPS) is 12.8. The van der Waals surface area contributed by atoms with Crippen LogP contribution >= 0.6 is 0 Å². The van der Waals surface area contributed by atoms with Crippen molar-refractivity contribution >= 4 is 15.5 Å². The van der Waals surface area contributed by atoms with Crippen molar-refractivity contribution in [2.24, 2.45) is 0 Å². The maximum absolute atomic E-state index is 12.7. The Kier molecular flexibility index (Phi) is 4.90. The van der Waals surface area contributed by atoms with Gasteiger partial charge in [0, 0.05) is 5.71 Å². The average Bonchev–Trinajstić information content (AvgIpc) is 2.46. The molecule has 23 heavy (non-hydrogen) atoms. The third-order valence-electron chi connectivity index (χ3n) is 3.82. The van der Waals surface area contributed by atoms with E-state index in [2.05, 4.69) is 0 Å². The molecule has 1 atom stereocenters. The van der Waals surface area contributed by atoms with E-state index < -0.39 is 9.84 Å². The highest BCUT2D eigenvalue weighted by molar-refractivity contribution is 7.91. The van der Waals surface area contributed by atoms with E-state index >= 15 is 0 Å². The van der Waals surface area contributed by atoms with Gasteiger partial charge in [-0.2, -0.15) is 0 Å². The lowest BCUT2D eigenvalue weighted by atomic mass is 9.92. The standard InChI is InChI=1S/C18H21NO3S/c1-12(9-14(3)19)18-8-7-17(10-13(18)2)23(21,22)16-6-4-5-15(20)11-16/h4-8,10-12,19-20H,9H2,1-3H3. The average molecular weight is 331 g/mol. The zero-order chi connectivity index (χ0) is 17.2. The van der Waals surface area contributed by atoms with Crippen molar-refractivity contribution in [3.63, 3.8) is 0 Å². The molecule has 0 aliphatic rings. The van der Waals surface area contributed by atoms with Gasteiger partial charge >= 0.3 is 0 Å². The number of nitrogens with one attached hydrogen (secondary N) is 1. The van der Waals surface area contributed by atoms with E-state index in [4.69, 9.17) is 5.41 Å². The second-order valence-electron chi connectivity index (χ2n) is 5.90. The van der Waals surface area contributed by atoms with Gasteiger partial charge in [0.1, 0.15) is 5.75 Å². The molecule has 0 radical (unpaired) electrons. The van der Waals surface area contributed by atoms with Gasteiger partial charge in [0.15, 0.2) is 0 Å². The summed E-state index contributed by atoms with van der Waals surface area (Å²) in [5.74, 6) is 0.0968. The number of rotatable bonds is 5. The van der Waals surface area contributed by atoms with Gasteiger partial charge in [0.2, 0.25) is 9.84 Å². The van der Waals surface area contributed by atoms with Crippen LogP contribution in [0.3, 0.4) is 0 Å². The number of aryl methyl sites for hydroxylation is 1. The van der Waals surface area contributed by atoms with Crippen LogP contribution in [-0.4, -0.2) is 19.2 Å². The summed E-state index contributed by atoms with van der Waals surface area (Å²) in [6.07, 6.45) is 0.652. The molecular formula is C18H21NO3S. The molecule has 0 aromatic heterocycles. The number of aromatic hydroxyl groups is 1. The van der Waals surface area contributed by atoms with Gasteiger partial charge in [-0.25, -0.2) is 8.42 Å². The third-order valence-corrected chi connectivity index (χ3v) is 5.57. The van der Waals surface area contributed by atoms with E-state index in [0.717, 1.165) is 11.1 Å². The van der Waals surface area contributed by atoms with Crippen LogP contribution in [0.1, 0.15) is 37.3 Å². The molecule has 122 valence electrons. The smallest absolute Gasteiger partial charge is 0.206 e. The fraction of sp³-hybridized carbons (Fsp3) is 0.278. The summed E-state index contributed by atoms with van der Waals surface area (Å²) >= 11 is 0. The summed E-state index contributed by atoms with van der Waals surface area (Å²) in [5, 5.41) is 17.1. The molecule has 2 rings (SSSR count). The topological polar surface area (TPSA) is 78.2 Å². The molecular weight excluding hydrogens is 310 g/mol. The van der Waals surface area contributed by atoms with Crippen molar-refractivity contribution in [1.29, 1.82) is 5.41 Å². The van der Waals surface area contributed by atoms with Gasteiger partial charge in [-0.15, -0.1) is 0 Å². The molecule has 0 saturated heterocycles. The summed E-state index contributed by atoms with van der Waals surface area (Å²) in [6.45, 7) is 5.68. The first-order chi connectivity index (χ1) is 10.7. The fourth-order valence-corrected chi connectivity index (χ4v) is 4.11. The highest BCUT2D eigenvalue weighted by atomic mass is 32.2. The summed E-state index contributed by atoms with van der Waals surface area (Å²) < 4.78 is 25.3. The highest BCUT2D eigenvalue weighted by Gasteiger charge is 2.20. The third kappa shape index (κ3) is 3.79. The molecule has 2 aromatic carbocycles. The van der Waals surface area contributed by atoms with Crippen LogP contribution in [0.2, 0.25) is 0 Å². The van der Waals surface area contributed by atoms with Gasteiger partial charge in [-0.1, -0.05) is 19.1 Å². The minimum absolute atomic E-state index is 0.0745. The van der Waals surface area contributed by atoms with Crippen molar-refractivity contribution in [1.82, 2.24) is 0 Å². The van der Waals surface area contributed by atoms with Crippen molar-refractivity contribution in [3.8, 4) is 5.75 Å². The lowest BCUT2D eigenvalue weighted by Crippen LogP contribution is -2.05. The van der Waals surface area contributed by atoms with E-state index in [0.29, 0.717) is 12.1 Å². The first kappa shape index (κ1) is 17.2. The van der Waals surface area contributed by atoms with E-state index in [-0.39, 0.29) is 21.5 Å². The SMILES string of the molecule is CC(=N)CC(C)c1ccc(S(=O)(=O)c2cccc(O)c2)cc1C. The van der Waals surface area contributed by atoms with Crippen LogP contribution in [0, 0.1) is 12.3 Å². The van der Waals surface area contributed by atoms with Gasteiger partial charge < -0.3 is 10.5 Å². The zero-order valence-corrected chi connectivity index (χ0v) is 14.3. The Bertz CT molecular complexity index is 841. The van der Waals surface area contributed by atoms with Gasteiger partial charge in [-0.3, -0.25) is 0 Å². The molecule has 5 heteroatoms. The summed E-state index contributed by atoms with van der Waals surface area (Å²) in [7, 11) is -3.65. The van der Waals surface area contributed by atoms with E-state index in [1.165, 1.54) is 24.3 Å². The number of hydrogen-bond acceptors (Lipinski definition) is 4. The minimum Gasteiger partial charge on any atom is -0.508 e. The Hall–Kier alpha value is -2.14. The summed E-state index contributed by atoms with van der Waals surface area (Å²) in [6, 6.07) is 10.7. The Balaban J connectivity index is 2.42. The highest BCUT2D eigenvalue weighted by Crippen LogP contribution is 2.29. The van der Waals surface area contributed by atoms with Crippen molar-refractivity contribution in [2.75, 3.05) is 0 Å². The molecule has 0 heterocycles. The molecule has 2 aromatic rings. The van der Waals surface area contributed by atoms with Crippen molar-refractivity contribution in [2.45, 2.75) is 42.9 Å². The minimum atomic E-state index is -3.65. The Labute approximate surface area is 137 Å². The van der Waals surface area contributed by atoms with E-state index in [1.807, 2.05) is 19.9 Å². The molecule has 0 spiro atoms. The number of phenolic OH excluding ortho intramolecular Hbond substituents is 1. The zero-order valence-electron chi connectivity index (χ0n) is 13.5. The maximum Gasteiger partial charge on any atom is 0.206 e. The van der Waals surface area contributed by atoms with Gasteiger partial charge in [0.25, 0.3) is 0 Å². The fourth-order valence-electron chi connectivity index (χ4n) is 2.72. The predicted octanol–water partition coefficient (Wildman–Crippen LogP) is 4.07. The molecule has 0 fully saturated rings. The molecule has 0 saturated carbocycles. The summed E-state index contributed by atoms with van der Waals surface area (Å²) in [5.41, 5.74) is 2.54. The predicted molar refractivity (Wildman–Crippen MR) is 91.2 cm³/mol. The summed E-state index contributed by atoms with van der Waals surface area (Å²) in [4.78, 5) is 0.288. The van der Waals surface area contributed by atoms with Crippen LogP contribution in [0.25, 0.3) is 0 Å². The van der Waals surface area contributed by atoms with Crippen LogP contribution in [0.15, 0.2) is 52.3 Å². The Morgan fingerprint density at radius 3 is 2.39 bits per heavy atom. The second kappa shape index (κ2) is 6.54. The molecule has 2 N–H and O–H groups in total. The largest absolute Gasteiger partial charge is 0.508 e. The van der Waals surface area contributed by atoms with Crippen LogP contribution in [0.4, 0.5) is 0 Å². The molecule has 1 unspecified atom stereocenters. The Morgan fingerprint density at radius 2 is 1.83 bits per heavy atom. The van der Waals surface area contributed by atoms with Crippen molar-refractivity contribution in [3.05, 3.63) is 53.6 Å². The molecule has 0 bridgehead atoms. The molecule has 0 amide bonds. The van der Waals surface area contributed by atoms with Gasteiger partial charge in [0.05, 0.1) is 9.79 Å². The number of phenols is 1. The quantitative estimate of drug-likeness (QED) is 0.811. The molecule has 4 nitrogen and oxygen atoms in total. The molecule has 0 aliphatic heterocycles. The monoisotopic (exact) mass is 331 g/mol. The number of hydrogen-bond donors (Lipinski definition) is 2. The first-order valence-corrected chi connectivity index (χ1v) is 8.89. The van der Waals surface area contributed by atoms with Crippen molar-refractivity contribution < 1.29 is 13.5 Å². The lowest BCUT2D eigenvalue weighted by Gasteiger charge is -2.15. The molecule has 0 aliphatic carbocycles. The van der Waals surface area contributed by atoms with E-state index in [1.54, 1.807) is 19.1 Å². The number of benzene rings is 2. The number of sulfone groups is 1. The van der Waals surface area contributed by atoms with Crippen LogP contribution in [0.5, 0.6) is 5.75 Å². The first-order valence-electron chi connectivity index (χ1n) is 7.40. The van der Waals surface area contributed by atoms with Gasteiger partial charge in [-0.05, 0) is 67.6 Å². The lowest BCUT2D eigenvalue weighted by molar-refractivity contribution is 0.473. The van der Waals surface area contributed by atoms with Crippen LogP contribution in [-0.2, 0) is 9.84 Å². The maximum atomic E-state index is 12.7.